The van der Waals surface area contributed by atoms with E-state index in [0.29, 0.717) is 12.6 Å². The first-order valence-corrected chi connectivity index (χ1v) is 6.90. The van der Waals surface area contributed by atoms with Crippen LogP contribution in [0.1, 0.15) is 12.8 Å². The van der Waals surface area contributed by atoms with Crippen LogP contribution < -0.4 is 10.2 Å². The molecule has 1 aliphatic rings. The van der Waals surface area contributed by atoms with E-state index in [9.17, 15) is 4.79 Å². The second-order valence-corrected chi connectivity index (χ2v) is 5.28. The number of anilines is 1. The predicted octanol–water partition coefficient (Wildman–Crippen LogP) is 1.33. The van der Waals surface area contributed by atoms with Gasteiger partial charge in [-0.2, -0.15) is 0 Å². The van der Waals surface area contributed by atoms with Gasteiger partial charge in [0.15, 0.2) is 0 Å². The van der Waals surface area contributed by atoms with Crippen molar-refractivity contribution in [3.63, 3.8) is 0 Å². The van der Waals surface area contributed by atoms with E-state index < -0.39 is 0 Å². The van der Waals surface area contributed by atoms with Gasteiger partial charge in [-0.15, -0.1) is 0 Å². The maximum atomic E-state index is 12.2. The molecule has 1 unspecified atom stereocenters. The highest BCUT2D eigenvalue weighted by molar-refractivity contribution is 5.94. The first-order chi connectivity index (χ1) is 9.16. The van der Waals surface area contributed by atoms with Gasteiger partial charge in [-0.05, 0) is 38.6 Å². The van der Waals surface area contributed by atoms with Crippen molar-refractivity contribution in [2.45, 2.75) is 18.9 Å². The molecule has 1 fully saturated rings. The van der Waals surface area contributed by atoms with E-state index >= 15 is 0 Å². The van der Waals surface area contributed by atoms with Crippen molar-refractivity contribution >= 4 is 11.6 Å². The molecule has 0 aliphatic carbocycles. The minimum Gasteiger partial charge on any atom is -0.314 e. The number of amides is 1. The van der Waals surface area contributed by atoms with Crippen LogP contribution >= 0.6 is 0 Å². The zero-order valence-electron chi connectivity index (χ0n) is 11.8. The van der Waals surface area contributed by atoms with Crippen LogP contribution in [0.25, 0.3) is 0 Å². The number of carbonyl (C=O) groups is 1. The van der Waals surface area contributed by atoms with Gasteiger partial charge in [0.05, 0.1) is 6.54 Å². The van der Waals surface area contributed by atoms with Crippen LogP contribution in [-0.4, -0.2) is 50.6 Å². The molecule has 0 spiro atoms. The number of hydrogen-bond acceptors (Lipinski definition) is 3. The predicted molar refractivity (Wildman–Crippen MR) is 78.4 cm³/mol. The standard InChI is InChI=1S/C15H23N3O/c1-17(11-13-7-6-10-16-13)12-15(19)18(2)14-8-4-3-5-9-14/h3-5,8-9,13,16H,6-7,10-12H2,1-2H3. The van der Waals surface area contributed by atoms with Crippen LogP contribution in [0.2, 0.25) is 0 Å². The third-order valence-electron chi connectivity index (χ3n) is 3.62. The molecule has 1 heterocycles. The number of carbonyl (C=O) groups excluding carboxylic acids is 1. The summed E-state index contributed by atoms with van der Waals surface area (Å²) in [5.41, 5.74) is 0.944. The molecule has 0 saturated carbocycles. The van der Waals surface area contributed by atoms with Crippen LogP contribution in [-0.2, 0) is 4.79 Å². The van der Waals surface area contributed by atoms with Gasteiger partial charge in [-0.25, -0.2) is 0 Å². The van der Waals surface area contributed by atoms with Crippen molar-refractivity contribution in [3.05, 3.63) is 30.3 Å². The smallest absolute Gasteiger partial charge is 0.240 e. The fraction of sp³-hybridized carbons (Fsp3) is 0.533. The quantitative estimate of drug-likeness (QED) is 0.868. The van der Waals surface area contributed by atoms with E-state index in [1.807, 2.05) is 44.4 Å². The van der Waals surface area contributed by atoms with Crippen LogP contribution in [0.5, 0.6) is 0 Å². The maximum absolute atomic E-state index is 12.2. The van der Waals surface area contributed by atoms with Gasteiger partial charge in [0.2, 0.25) is 5.91 Å². The summed E-state index contributed by atoms with van der Waals surface area (Å²) < 4.78 is 0. The highest BCUT2D eigenvalue weighted by Gasteiger charge is 2.18. The Labute approximate surface area is 115 Å². The number of hydrogen-bond donors (Lipinski definition) is 1. The summed E-state index contributed by atoms with van der Waals surface area (Å²) in [7, 11) is 3.84. The van der Waals surface area contributed by atoms with Crippen molar-refractivity contribution in [3.8, 4) is 0 Å². The lowest BCUT2D eigenvalue weighted by Gasteiger charge is -2.24. The van der Waals surface area contributed by atoms with Gasteiger partial charge in [0, 0.05) is 25.3 Å². The molecule has 1 aliphatic heterocycles. The van der Waals surface area contributed by atoms with Crippen molar-refractivity contribution in [1.82, 2.24) is 10.2 Å². The van der Waals surface area contributed by atoms with Crippen LogP contribution in [0, 0.1) is 0 Å². The Morgan fingerprint density at radius 1 is 1.32 bits per heavy atom. The number of nitrogens with zero attached hydrogens (tertiary/aromatic N) is 2. The molecule has 1 saturated heterocycles. The third kappa shape index (κ3) is 4.04. The summed E-state index contributed by atoms with van der Waals surface area (Å²) >= 11 is 0. The molecule has 1 N–H and O–H groups in total. The first kappa shape index (κ1) is 14.0. The molecule has 4 nitrogen and oxygen atoms in total. The van der Waals surface area contributed by atoms with E-state index in [4.69, 9.17) is 0 Å². The van der Waals surface area contributed by atoms with Crippen molar-refractivity contribution in [2.75, 3.05) is 38.6 Å². The van der Waals surface area contributed by atoms with E-state index in [0.717, 1.165) is 18.8 Å². The second-order valence-electron chi connectivity index (χ2n) is 5.28. The van der Waals surface area contributed by atoms with E-state index in [1.54, 1.807) is 4.90 Å². The lowest BCUT2D eigenvalue weighted by molar-refractivity contribution is -0.119. The van der Waals surface area contributed by atoms with Crippen molar-refractivity contribution in [2.24, 2.45) is 0 Å². The van der Waals surface area contributed by atoms with Gasteiger partial charge in [0.1, 0.15) is 0 Å². The molecule has 1 amide bonds. The number of rotatable bonds is 5. The molecule has 1 atom stereocenters. The van der Waals surface area contributed by atoms with Crippen LogP contribution in [0.4, 0.5) is 5.69 Å². The second kappa shape index (κ2) is 6.68. The van der Waals surface area contributed by atoms with Crippen LogP contribution in [0.15, 0.2) is 30.3 Å². The van der Waals surface area contributed by atoms with Crippen LogP contribution in [0.3, 0.4) is 0 Å². The first-order valence-electron chi connectivity index (χ1n) is 6.90. The lowest BCUT2D eigenvalue weighted by Crippen LogP contribution is -2.41. The maximum Gasteiger partial charge on any atom is 0.240 e. The lowest BCUT2D eigenvalue weighted by atomic mass is 10.2. The average Bonchev–Trinajstić information content (AvgIpc) is 2.91. The number of nitrogens with one attached hydrogen (secondary N) is 1. The number of benzene rings is 1. The minimum absolute atomic E-state index is 0.131. The summed E-state index contributed by atoms with van der Waals surface area (Å²) in [5, 5.41) is 3.46. The summed E-state index contributed by atoms with van der Waals surface area (Å²) in [6.07, 6.45) is 2.46. The SMILES string of the molecule is CN(CC(=O)N(C)c1ccccc1)CC1CCCN1. The summed E-state index contributed by atoms with van der Waals surface area (Å²) in [4.78, 5) is 16.0. The molecule has 0 radical (unpaired) electrons. The monoisotopic (exact) mass is 261 g/mol. The largest absolute Gasteiger partial charge is 0.314 e. The van der Waals surface area contributed by atoms with Gasteiger partial charge >= 0.3 is 0 Å². The van der Waals surface area contributed by atoms with Crippen molar-refractivity contribution < 1.29 is 4.79 Å². The average molecular weight is 261 g/mol. The third-order valence-corrected chi connectivity index (χ3v) is 3.62. The van der Waals surface area contributed by atoms with Gasteiger partial charge in [-0.1, -0.05) is 18.2 Å². The molecule has 104 valence electrons. The van der Waals surface area contributed by atoms with E-state index in [2.05, 4.69) is 10.2 Å². The fourth-order valence-corrected chi connectivity index (χ4v) is 2.49. The summed E-state index contributed by atoms with van der Waals surface area (Å²) in [6.45, 7) is 2.51. The Morgan fingerprint density at radius 3 is 2.68 bits per heavy atom. The Morgan fingerprint density at radius 2 is 2.05 bits per heavy atom. The van der Waals surface area contributed by atoms with Gasteiger partial charge in [0.25, 0.3) is 0 Å². The molecule has 19 heavy (non-hydrogen) atoms. The van der Waals surface area contributed by atoms with E-state index in [1.165, 1.54) is 12.8 Å². The van der Waals surface area contributed by atoms with E-state index in [-0.39, 0.29) is 5.91 Å². The zero-order valence-corrected chi connectivity index (χ0v) is 11.8. The molecule has 0 aromatic heterocycles. The fourth-order valence-electron chi connectivity index (χ4n) is 2.49. The molecular weight excluding hydrogens is 238 g/mol. The Hall–Kier alpha value is -1.39. The molecular formula is C15H23N3O. The highest BCUT2D eigenvalue weighted by Crippen LogP contribution is 2.12. The Bertz CT molecular complexity index is 401. The Balaban J connectivity index is 1.82. The zero-order chi connectivity index (χ0) is 13.7. The normalized spacial score (nSPS) is 18.8. The summed E-state index contributed by atoms with van der Waals surface area (Å²) in [6, 6.07) is 10.3. The minimum atomic E-state index is 0.131. The van der Waals surface area contributed by atoms with Crippen molar-refractivity contribution in [1.29, 1.82) is 0 Å². The topological polar surface area (TPSA) is 35.6 Å². The molecule has 1 aromatic rings. The number of para-hydroxylation sites is 1. The summed E-state index contributed by atoms with van der Waals surface area (Å²) in [5.74, 6) is 0.131. The molecule has 4 heteroatoms. The van der Waals surface area contributed by atoms with Gasteiger partial charge in [-0.3, -0.25) is 9.69 Å². The molecule has 1 aromatic carbocycles. The molecule has 2 rings (SSSR count). The Kier molecular flexibility index (Phi) is 4.93. The highest BCUT2D eigenvalue weighted by atomic mass is 16.2. The van der Waals surface area contributed by atoms with Gasteiger partial charge < -0.3 is 10.2 Å². The number of likely N-dealkylation sites (N-methyl/N-ethyl adjacent to an activating group) is 2. The molecule has 0 bridgehead atoms.